The number of aromatic nitrogens is 3. The molecule has 0 spiro atoms. The van der Waals surface area contributed by atoms with Gasteiger partial charge < -0.3 is 9.80 Å². The van der Waals surface area contributed by atoms with Gasteiger partial charge in [-0.3, -0.25) is 4.98 Å². The molecule has 1 aliphatic rings. The van der Waals surface area contributed by atoms with Crippen molar-refractivity contribution < 1.29 is 13.2 Å². The van der Waals surface area contributed by atoms with Crippen molar-refractivity contribution >= 4 is 11.5 Å². The number of alkyl halides is 3. The molecule has 0 radical (unpaired) electrons. The average molecular weight is 413 g/mol. The smallest absolute Gasteiger partial charge is 0.370 e. The summed E-state index contributed by atoms with van der Waals surface area (Å²) in [6, 6.07) is 14.3. The van der Waals surface area contributed by atoms with Gasteiger partial charge >= 0.3 is 6.18 Å². The van der Waals surface area contributed by atoms with Crippen molar-refractivity contribution in [3.05, 3.63) is 66.0 Å². The van der Waals surface area contributed by atoms with Crippen molar-refractivity contribution in [1.29, 1.82) is 0 Å². The van der Waals surface area contributed by atoms with Gasteiger partial charge in [0.05, 0.1) is 0 Å². The van der Waals surface area contributed by atoms with Crippen LogP contribution >= 0.6 is 0 Å². The SMILES string of the molecule is Cc1ccc(N2CCCN(c3cc(C(F)(F)F)nc(-c4ccccn4)n3)CC2)cc1. The fourth-order valence-electron chi connectivity index (χ4n) is 3.51. The number of nitrogens with zero attached hydrogens (tertiary/aromatic N) is 5. The summed E-state index contributed by atoms with van der Waals surface area (Å²) in [5, 5.41) is 0. The van der Waals surface area contributed by atoms with Crippen LogP contribution in [-0.4, -0.2) is 41.1 Å². The third kappa shape index (κ3) is 4.53. The van der Waals surface area contributed by atoms with Gasteiger partial charge in [-0.05, 0) is 37.6 Å². The standard InChI is InChI=1S/C22H22F3N5/c1-16-6-8-17(9-7-16)29-11-4-12-30(14-13-29)20-15-19(22(23,24)25)27-21(28-20)18-5-2-3-10-26-18/h2-3,5-10,15H,4,11-14H2,1H3. The quantitative estimate of drug-likeness (QED) is 0.629. The summed E-state index contributed by atoms with van der Waals surface area (Å²) in [5.41, 5.74) is 1.68. The first-order valence-corrected chi connectivity index (χ1v) is 9.84. The second kappa shape index (κ2) is 8.30. The van der Waals surface area contributed by atoms with Crippen LogP contribution < -0.4 is 9.80 Å². The van der Waals surface area contributed by atoms with Crippen molar-refractivity contribution in [2.24, 2.45) is 0 Å². The van der Waals surface area contributed by atoms with Crippen molar-refractivity contribution in [2.45, 2.75) is 19.5 Å². The second-order valence-corrected chi connectivity index (χ2v) is 7.31. The number of hydrogen-bond acceptors (Lipinski definition) is 5. The fraction of sp³-hybridized carbons (Fsp3) is 0.318. The van der Waals surface area contributed by atoms with Gasteiger partial charge in [-0.25, -0.2) is 9.97 Å². The molecule has 30 heavy (non-hydrogen) atoms. The highest BCUT2D eigenvalue weighted by atomic mass is 19.4. The van der Waals surface area contributed by atoms with Crippen LogP contribution in [0.15, 0.2) is 54.7 Å². The number of halogens is 3. The first kappa shape index (κ1) is 20.1. The molecule has 0 aliphatic carbocycles. The van der Waals surface area contributed by atoms with Crippen LogP contribution in [-0.2, 0) is 6.18 Å². The Morgan fingerprint density at radius 1 is 0.867 bits per heavy atom. The molecule has 3 heterocycles. The lowest BCUT2D eigenvalue weighted by molar-refractivity contribution is -0.141. The molecule has 8 heteroatoms. The predicted octanol–water partition coefficient (Wildman–Crippen LogP) is 4.58. The summed E-state index contributed by atoms with van der Waals surface area (Å²) >= 11 is 0. The van der Waals surface area contributed by atoms with E-state index in [9.17, 15) is 13.2 Å². The molecule has 156 valence electrons. The largest absolute Gasteiger partial charge is 0.433 e. The number of hydrogen-bond donors (Lipinski definition) is 0. The first-order chi connectivity index (χ1) is 14.4. The minimum atomic E-state index is -4.55. The van der Waals surface area contributed by atoms with Gasteiger partial charge in [0.25, 0.3) is 0 Å². The van der Waals surface area contributed by atoms with E-state index in [1.807, 2.05) is 11.8 Å². The lowest BCUT2D eigenvalue weighted by atomic mass is 10.2. The van der Waals surface area contributed by atoms with E-state index in [4.69, 9.17) is 0 Å². The molecule has 3 aromatic rings. The zero-order chi connectivity index (χ0) is 21.1. The maximum Gasteiger partial charge on any atom is 0.433 e. The average Bonchev–Trinajstić information content (AvgIpc) is 3.00. The molecule has 0 atom stereocenters. The number of aryl methyl sites for hydroxylation is 1. The van der Waals surface area contributed by atoms with E-state index in [0.717, 1.165) is 24.7 Å². The number of benzene rings is 1. The normalized spacial score (nSPS) is 15.2. The molecule has 1 saturated heterocycles. The maximum absolute atomic E-state index is 13.5. The van der Waals surface area contributed by atoms with E-state index in [1.54, 1.807) is 18.2 Å². The Bertz CT molecular complexity index is 990. The van der Waals surface area contributed by atoms with E-state index in [1.165, 1.54) is 11.8 Å². The Morgan fingerprint density at radius 3 is 2.30 bits per heavy atom. The Balaban J connectivity index is 1.62. The molecule has 0 N–H and O–H groups in total. The lowest BCUT2D eigenvalue weighted by Gasteiger charge is -2.25. The summed E-state index contributed by atoms with van der Waals surface area (Å²) in [6.45, 7) is 4.78. The van der Waals surface area contributed by atoms with E-state index in [-0.39, 0.29) is 11.6 Å². The maximum atomic E-state index is 13.5. The predicted molar refractivity (Wildman–Crippen MR) is 110 cm³/mol. The Morgan fingerprint density at radius 2 is 1.60 bits per heavy atom. The third-order valence-electron chi connectivity index (χ3n) is 5.12. The molecule has 0 amide bonds. The Kier molecular flexibility index (Phi) is 5.57. The van der Waals surface area contributed by atoms with E-state index >= 15 is 0 Å². The summed E-state index contributed by atoms with van der Waals surface area (Å²) in [7, 11) is 0. The van der Waals surface area contributed by atoms with E-state index in [0.29, 0.717) is 25.3 Å². The van der Waals surface area contributed by atoms with Crippen LogP contribution in [0, 0.1) is 6.92 Å². The monoisotopic (exact) mass is 413 g/mol. The van der Waals surface area contributed by atoms with Gasteiger partial charge in [0.1, 0.15) is 11.5 Å². The molecule has 1 aromatic carbocycles. The van der Waals surface area contributed by atoms with Crippen LogP contribution in [0.5, 0.6) is 0 Å². The molecular weight excluding hydrogens is 391 g/mol. The summed E-state index contributed by atoms with van der Waals surface area (Å²) in [4.78, 5) is 16.4. The van der Waals surface area contributed by atoms with Crippen molar-refractivity contribution in [3.8, 4) is 11.5 Å². The minimum Gasteiger partial charge on any atom is -0.370 e. The van der Waals surface area contributed by atoms with Crippen LogP contribution in [0.1, 0.15) is 17.7 Å². The van der Waals surface area contributed by atoms with Crippen molar-refractivity contribution in [2.75, 3.05) is 36.0 Å². The zero-order valence-corrected chi connectivity index (χ0v) is 16.6. The van der Waals surface area contributed by atoms with Crippen LogP contribution in [0.2, 0.25) is 0 Å². The molecule has 0 saturated carbocycles. The zero-order valence-electron chi connectivity index (χ0n) is 16.6. The van der Waals surface area contributed by atoms with Gasteiger partial charge in [-0.1, -0.05) is 23.8 Å². The van der Waals surface area contributed by atoms with Crippen molar-refractivity contribution in [1.82, 2.24) is 15.0 Å². The summed E-state index contributed by atoms with van der Waals surface area (Å²) in [6.07, 6.45) is -2.22. The highest BCUT2D eigenvalue weighted by Gasteiger charge is 2.34. The number of anilines is 2. The molecule has 0 unspecified atom stereocenters. The molecule has 2 aromatic heterocycles. The lowest BCUT2D eigenvalue weighted by Crippen LogP contribution is -2.31. The molecular formula is C22H22F3N5. The van der Waals surface area contributed by atoms with Crippen LogP contribution in [0.25, 0.3) is 11.5 Å². The van der Waals surface area contributed by atoms with Crippen molar-refractivity contribution in [3.63, 3.8) is 0 Å². The third-order valence-corrected chi connectivity index (χ3v) is 5.12. The van der Waals surface area contributed by atoms with Gasteiger partial charge in [0, 0.05) is 44.1 Å². The van der Waals surface area contributed by atoms with E-state index in [2.05, 4.69) is 44.1 Å². The van der Waals surface area contributed by atoms with Crippen LogP contribution in [0.3, 0.4) is 0 Å². The highest BCUT2D eigenvalue weighted by molar-refractivity contribution is 5.55. The number of rotatable bonds is 3. The van der Waals surface area contributed by atoms with Gasteiger partial charge in [-0.15, -0.1) is 0 Å². The Labute approximate surface area is 173 Å². The van der Waals surface area contributed by atoms with Crippen LogP contribution in [0.4, 0.5) is 24.7 Å². The fourth-order valence-corrected chi connectivity index (χ4v) is 3.51. The Hall–Kier alpha value is -3.16. The topological polar surface area (TPSA) is 45.2 Å². The molecule has 5 nitrogen and oxygen atoms in total. The number of pyridine rings is 1. The molecule has 1 aliphatic heterocycles. The first-order valence-electron chi connectivity index (χ1n) is 9.84. The molecule has 0 bridgehead atoms. The van der Waals surface area contributed by atoms with Gasteiger partial charge in [0.15, 0.2) is 11.5 Å². The summed E-state index contributed by atoms with van der Waals surface area (Å²) < 4.78 is 40.5. The second-order valence-electron chi connectivity index (χ2n) is 7.31. The van der Waals surface area contributed by atoms with Gasteiger partial charge in [-0.2, -0.15) is 13.2 Å². The summed E-state index contributed by atoms with van der Waals surface area (Å²) in [5.74, 6) is 0.267. The van der Waals surface area contributed by atoms with E-state index < -0.39 is 11.9 Å². The van der Waals surface area contributed by atoms with Gasteiger partial charge in [0.2, 0.25) is 0 Å². The highest BCUT2D eigenvalue weighted by Crippen LogP contribution is 2.31. The molecule has 4 rings (SSSR count). The minimum absolute atomic E-state index is 0.0138. The molecule has 1 fully saturated rings.